The Balaban J connectivity index is 4.43. The molecule has 0 atom stereocenters. The van der Waals surface area contributed by atoms with E-state index in [4.69, 9.17) is 10.1 Å². The van der Waals surface area contributed by atoms with Gasteiger partial charge in [0.1, 0.15) is 0 Å². The highest BCUT2D eigenvalue weighted by molar-refractivity contribution is 7.79. The van der Waals surface area contributed by atoms with Gasteiger partial charge in [0.25, 0.3) is 0 Å². The van der Waals surface area contributed by atoms with Crippen molar-refractivity contribution in [3.05, 3.63) is 5.21 Å². The number of nitrogens with zero attached hydrogens (tertiary/aromatic N) is 1. The molecule has 0 fully saturated rings. The van der Waals surface area contributed by atoms with Crippen molar-refractivity contribution in [3.8, 4) is 0 Å². The summed E-state index contributed by atoms with van der Waals surface area (Å²) in [6.45, 7) is 0. The van der Waals surface area contributed by atoms with Crippen molar-refractivity contribution >= 4 is 10.3 Å². The quantitative estimate of drug-likeness (QED) is 0.210. The minimum atomic E-state index is -4.80. The Kier molecular flexibility index (Phi) is 1.29. The summed E-state index contributed by atoms with van der Waals surface area (Å²) in [5.74, 6) is 0. The second kappa shape index (κ2) is 1.43. The normalized spacial score (nSPS) is 11.0. The van der Waals surface area contributed by atoms with E-state index in [1.807, 2.05) is 0 Å². The average Bonchev–Trinajstić information content (AvgIpc) is 1.31. The van der Waals surface area contributed by atoms with Gasteiger partial charge in [0.15, 0.2) is 0 Å². The van der Waals surface area contributed by atoms with Gasteiger partial charge < -0.3 is 5.21 Å². The molecule has 0 aromatic carbocycles. The Bertz CT molecular complexity index is 164. The van der Waals surface area contributed by atoms with Gasteiger partial charge in [0.2, 0.25) is 0 Å². The molecular weight excluding hydrogens is 124 g/mol. The topological polar surface area (TPSA) is 104 Å². The van der Waals surface area contributed by atoms with E-state index in [1.165, 1.54) is 0 Å². The van der Waals surface area contributed by atoms with Crippen molar-refractivity contribution in [1.29, 1.82) is 5.53 Å². The van der Waals surface area contributed by atoms with Crippen molar-refractivity contribution in [2.24, 2.45) is 0 Å². The standard InChI is InChI=1S/H2N2O4S/c1-2(3)7(4,5)6/h1H,(H,4,5,6). The van der Waals surface area contributed by atoms with Crippen molar-refractivity contribution in [1.82, 2.24) is 0 Å². The first kappa shape index (κ1) is 6.31. The predicted molar refractivity (Wildman–Crippen MR) is 17.9 cm³/mol. The maximum atomic E-state index is 9.31. The maximum absolute atomic E-state index is 9.31. The lowest BCUT2D eigenvalue weighted by molar-refractivity contribution is -0.400. The molecule has 6 nitrogen and oxygen atoms in total. The molecule has 0 spiro atoms. The van der Waals surface area contributed by atoms with Gasteiger partial charge in [-0.15, -0.1) is 8.42 Å². The summed E-state index contributed by atoms with van der Waals surface area (Å²) in [4.78, 5) is 0. The van der Waals surface area contributed by atoms with Crippen molar-refractivity contribution in [3.63, 3.8) is 0 Å². The van der Waals surface area contributed by atoms with Crippen LogP contribution in [0.25, 0.3) is 0 Å². The summed E-state index contributed by atoms with van der Waals surface area (Å²) in [5, 5.41) is 9.21. The van der Waals surface area contributed by atoms with E-state index in [-0.39, 0.29) is 0 Å². The first-order valence-electron chi connectivity index (χ1n) is 1.10. The fourth-order valence-electron chi connectivity index (χ4n) is 0. The zero-order valence-electron chi connectivity index (χ0n) is 3.03. The van der Waals surface area contributed by atoms with Crippen LogP contribution in [0.5, 0.6) is 0 Å². The van der Waals surface area contributed by atoms with Crippen LogP contribution >= 0.6 is 0 Å². The Morgan fingerprint density at radius 2 is 1.86 bits per heavy atom. The van der Waals surface area contributed by atoms with Crippen LogP contribution in [0, 0.1) is 10.7 Å². The molecule has 7 heavy (non-hydrogen) atoms. The van der Waals surface area contributed by atoms with Crippen molar-refractivity contribution < 1.29 is 17.2 Å². The second-order valence-electron chi connectivity index (χ2n) is 0.705. The third kappa shape index (κ3) is 2.06. The fraction of sp³-hybridized carbons (Fsp3) is 0. The zero-order chi connectivity index (χ0) is 6.08. The van der Waals surface area contributed by atoms with E-state index in [0.717, 1.165) is 0 Å². The van der Waals surface area contributed by atoms with Crippen molar-refractivity contribution in [2.45, 2.75) is 0 Å². The Labute approximate surface area is 39.3 Å². The van der Waals surface area contributed by atoms with Crippen LogP contribution in [-0.2, 0) is 10.3 Å². The molecule has 0 aliphatic heterocycles. The van der Waals surface area contributed by atoms with Crippen LogP contribution in [0.4, 0.5) is 0 Å². The molecule has 0 aliphatic rings. The molecule has 0 saturated carbocycles. The van der Waals surface area contributed by atoms with E-state index in [1.54, 1.807) is 0 Å². The predicted octanol–water partition coefficient (Wildman–Crippen LogP) is -0.670. The van der Waals surface area contributed by atoms with E-state index in [0.29, 0.717) is 0 Å². The Hall–Kier alpha value is -0.690. The molecule has 0 bridgehead atoms. The molecule has 7 heteroatoms. The monoisotopic (exact) mass is 126 g/mol. The van der Waals surface area contributed by atoms with Crippen LogP contribution in [0.15, 0.2) is 0 Å². The molecule has 0 heterocycles. The summed E-state index contributed by atoms with van der Waals surface area (Å²) in [5.41, 5.74) is 5.67. The van der Waals surface area contributed by atoms with Gasteiger partial charge in [-0.05, 0) is 5.53 Å². The molecular formula is H2N2O4S. The molecule has 42 valence electrons. The molecule has 2 N–H and O–H groups in total. The zero-order valence-corrected chi connectivity index (χ0v) is 3.84. The van der Waals surface area contributed by atoms with E-state index < -0.39 is 14.6 Å². The van der Waals surface area contributed by atoms with Gasteiger partial charge >= 0.3 is 10.3 Å². The SMILES string of the molecule is N=[N+]([O-])S(=O)(=O)O. The molecule has 0 amide bonds. The first-order valence-corrected chi connectivity index (χ1v) is 2.50. The number of rotatable bonds is 1. The van der Waals surface area contributed by atoms with Crippen LogP contribution in [0.1, 0.15) is 0 Å². The van der Waals surface area contributed by atoms with E-state index in [2.05, 4.69) is 0 Å². The Morgan fingerprint density at radius 1 is 1.71 bits per heavy atom. The summed E-state index contributed by atoms with van der Waals surface area (Å²) in [6.07, 6.45) is 0. The third-order valence-electron chi connectivity index (χ3n) is 0.210. The molecule has 0 saturated heterocycles. The number of hydrogen-bond acceptors (Lipinski definition) is 4. The van der Waals surface area contributed by atoms with Gasteiger partial charge in [-0.2, -0.15) is 0 Å². The van der Waals surface area contributed by atoms with Gasteiger partial charge in [0.05, 0.1) is 4.27 Å². The van der Waals surface area contributed by atoms with Gasteiger partial charge in [-0.1, -0.05) is 0 Å². The van der Waals surface area contributed by atoms with Gasteiger partial charge in [-0.3, -0.25) is 0 Å². The molecule has 0 rings (SSSR count). The molecule has 0 radical (unpaired) electrons. The maximum Gasteiger partial charge on any atom is 0.542 e. The lowest BCUT2D eigenvalue weighted by atomic mass is 13.1. The van der Waals surface area contributed by atoms with E-state index >= 15 is 0 Å². The van der Waals surface area contributed by atoms with E-state index in [9.17, 15) is 13.6 Å². The number of nitrogens with one attached hydrogen (secondary N) is 1. The molecule has 0 aliphatic carbocycles. The lowest BCUT2D eigenvalue weighted by Crippen LogP contribution is -2.09. The smallest absolute Gasteiger partial charge is 0.542 e. The highest BCUT2D eigenvalue weighted by atomic mass is 32.2. The molecule has 0 aromatic heterocycles. The summed E-state index contributed by atoms with van der Waals surface area (Å²) < 4.78 is 24.8. The minimum Gasteiger partial charge on any atom is -0.582 e. The number of hydrogen-bond donors (Lipinski definition) is 2. The van der Waals surface area contributed by atoms with Crippen molar-refractivity contribution in [2.75, 3.05) is 0 Å². The largest absolute Gasteiger partial charge is 0.582 e. The van der Waals surface area contributed by atoms with Gasteiger partial charge in [0, 0.05) is 0 Å². The Morgan fingerprint density at radius 3 is 1.86 bits per heavy atom. The lowest BCUT2D eigenvalue weighted by Gasteiger charge is -1.85. The summed E-state index contributed by atoms with van der Waals surface area (Å²) in [6, 6.07) is 0. The second-order valence-corrected chi connectivity index (χ2v) is 1.93. The third-order valence-corrected chi connectivity index (χ3v) is 0.629. The van der Waals surface area contributed by atoms with Gasteiger partial charge in [-0.25, -0.2) is 4.55 Å². The van der Waals surface area contributed by atoms with Crippen LogP contribution in [0.2, 0.25) is 0 Å². The summed E-state index contributed by atoms with van der Waals surface area (Å²) in [7, 11) is -4.80. The first-order chi connectivity index (χ1) is 2.94. The minimum absolute atomic E-state index is 1.28. The van der Waals surface area contributed by atoms with Crippen LogP contribution in [-0.4, -0.2) is 17.2 Å². The highest BCUT2D eigenvalue weighted by Gasteiger charge is 2.11. The fourth-order valence-corrected chi connectivity index (χ4v) is 0. The van der Waals surface area contributed by atoms with Crippen LogP contribution < -0.4 is 0 Å². The highest BCUT2D eigenvalue weighted by Crippen LogP contribution is 1.77. The average molecular weight is 126 g/mol. The molecule has 0 aromatic rings. The van der Waals surface area contributed by atoms with Crippen LogP contribution in [0.3, 0.4) is 0 Å². The molecule has 0 unspecified atom stereocenters. The summed E-state index contributed by atoms with van der Waals surface area (Å²) >= 11 is 0.